The lowest BCUT2D eigenvalue weighted by Crippen LogP contribution is -2.26. The van der Waals surface area contributed by atoms with Gasteiger partial charge < -0.3 is 4.74 Å². The second-order valence-electron chi connectivity index (χ2n) is 3.43. The minimum Gasteiger partial charge on any atom is -0.377 e. The van der Waals surface area contributed by atoms with Crippen LogP contribution >= 0.6 is 0 Å². The first-order valence-corrected chi connectivity index (χ1v) is 4.89. The van der Waals surface area contributed by atoms with Crippen molar-refractivity contribution in [1.29, 1.82) is 5.26 Å². The van der Waals surface area contributed by atoms with Crippen LogP contribution in [0.3, 0.4) is 0 Å². The normalized spacial score (nSPS) is 29.7. The summed E-state index contributed by atoms with van der Waals surface area (Å²) in [6, 6.07) is 2.34. The van der Waals surface area contributed by atoms with E-state index in [9.17, 15) is 0 Å². The third-order valence-electron chi connectivity index (χ3n) is 2.40. The summed E-state index contributed by atoms with van der Waals surface area (Å²) < 4.78 is 5.61. The monoisotopic (exact) mass is 167 g/mol. The zero-order chi connectivity index (χ0) is 8.81. The molecule has 1 fully saturated rings. The molecule has 0 N–H and O–H groups in total. The van der Waals surface area contributed by atoms with Crippen LogP contribution in [0.1, 0.15) is 39.0 Å². The summed E-state index contributed by atoms with van der Waals surface area (Å²) in [6.07, 6.45) is 5.82. The Hall–Kier alpha value is -0.550. The zero-order valence-corrected chi connectivity index (χ0v) is 7.75. The third-order valence-corrected chi connectivity index (χ3v) is 2.40. The van der Waals surface area contributed by atoms with Crippen LogP contribution < -0.4 is 0 Å². The Morgan fingerprint density at radius 3 is 2.83 bits per heavy atom. The molecule has 0 amide bonds. The van der Waals surface area contributed by atoms with E-state index >= 15 is 0 Å². The van der Waals surface area contributed by atoms with Gasteiger partial charge in [-0.15, -0.1) is 0 Å². The van der Waals surface area contributed by atoms with E-state index < -0.39 is 0 Å². The Morgan fingerprint density at radius 2 is 2.17 bits per heavy atom. The van der Waals surface area contributed by atoms with E-state index in [2.05, 4.69) is 13.0 Å². The number of rotatable bonds is 3. The lowest BCUT2D eigenvalue weighted by molar-refractivity contribution is 0.00642. The van der Waals surface area contributed by atoms with Crippen LogP contribution in [0, 0.1) is 17.2 Å². The highest BCUT2D eigenvalue weighted by atomic mass is 16.5. The maximum atomic E-state index is 8.83. The summed E-state index contributed by atoms with van der Waals surface area (Å²) in [5.74, 6) is 0.158. The Kier molecular flexibility index (Phi) is 4.10. The zero-order valence-electron chi connectivity index (χ0n) is 7.75. The number of ether oxygens (including phenoxy) is 1. The maximum absolute atomic E-state index is 8.83. The van der Waals surface area contributed by atoms with E-state index in [0.717, 1.165) is 25.9 Å². The van der Waals surface area contributed by atoms with Gasteiger partial charge in [0.05, 0.1) is 18.1 Å². The smallest absolute Gasteiger partial charge is 0.0733 e. The molecule has 0 aromatic carbocycles. The average molecular weight is 167 g/mol. The van der Waals surface area contributed by atoms with Gasteiger partial charge in [0.1, 0.15) is 0 Å². The van der Waals surface area contributed by atoms with Gasteiger partial charge in [-0.3, -0.25) is 0 Å². The standard InChI is InChI=1S/C10H17NO/c1-2-7-12-10-6-4-3-5-9(10)8-11/h9-10H,2-7H2,1H3. The molecule has 0 bridgehead atoms. The summed E-state index contributed by atoms with van der Waals surface area (Å²) in [7, 11) is 0. The van der Waals surface area contributed by atoms with Crippen molar-refractivity contribution in [3.8, 4) is 6.07 Å². The lowest BCUT2D eigenvalue weighted by atomic mass is 9.87. The van der Waals surface area contributed by atoms with E-state index in [0.29, 0.717) is 0 Å². The molecule has 0 heterocycles. The minimum atomic E-state index is 0.158. The van der Waals surface area contributed by atoms with Gasteiger partial charge in [0.25, 0.3) is 0 Å². The second-order valence-corrected chi connectivity index (χ2v) is 3.43. The highest BCUT2D eigenvalue weighted by Crippen LogP contribution is 2.26. The quantitative estimate of drug-likeness (QED) is 0.647. The van der Waals surface area contributed by atoms with Crippen molar-refractivity contribution >= 4 is 0 Å². The summed E-state index contributed by atoms with van der Waals surface area (Å²) >= 11 is 0. The molecule has 68 valence electrons. The van der Waals surface area contributed by atoms with Gasteiger partial charge in [-0.25, -0.2) is 0 Å². The molecule has 12 heavy (non-hydrogen) atoms. The Bertz CT molecular complexity index is 162. The number of nitriles is 1. The highest BCUT2D eigenvalue weighted by Gasteiger charge is 2.24. The van der Waals surface area contributed by atoms with Crippen LogP contribution in [-0.2, 0) is 4.74 Å². The minimum absolute atomic E-state index is 0.158. The first-order valence-electron chi connectivity index (χ1n) is 4.89. The molecule has 2 heteroatoms. The molecule has 1 aliphatic rings. The van der Waals surface area contributed by atoms with Crippen molar-refractivity contribution in [3.63, 3.8) is 0 Å². The highest BCUT2D eigenvalue weighted by molar-refractivity contribution is 4.91. The Balaban J connectivity index is 2.32. The van der Waals surface area contributed by atoms with Gasteiger partial charge >= 0.3 is 0 Å². The molecule has 1 aliphatic carbocycles. The number of hydrogen-bond donors (Lipinski definition) is 0. The number of nitrogens with zero attached hydrogens (tertiary/aromatic N) is 1. The molecular formula is C10H17NO. The molecule has 1 saturated carbocycles. The summed E-state index contributed by atoms with van der Waals surface area (Å²) in [5, 5.41) is 8.83. The van der Waals surface area contributed by atoms with Gasteiger partial charge in [0.15, 0.2) is 0 Å². The van der Waals surface area contributed by atoms with Gasteiger partial charge in [0.2, 0.25) is 0 Å². The Morgan fingerprint density at radius 1 is 1.42 bits per heavy atom. The SMILES string of the molecule is CCCOC1CCCCC1C#N. The summed E-state index contributed by atoms with van der Waals surface area (Å²) in [4.78, 5) is 0. The van der Waals surface area contributed by atoms with Crippen LogP contribution in [0.2, 0.25) is 0 Å². The first-order chi connectivity index (χ1) is 5.88. The third kappa shape index (κ3) is 2.49. The van der Waals surface area contributed by atoms with E-state index in [1.165, 1.54) is 12.8 Å². The molecular weight excluding hydrogens is 150 g/mol. The molecule has 0 spiro atoms. The molecule has 0 aromatic rings. The summed E-state index contributed by atoms with van der Waals surface area (Å²) in [6.45, 7) is 2.91. The average Bonchev–Trinajstić information content (AvgIpc) is 2.15. The summed E-state index contributed by atoms with van der Waals surface area (Å²) in [5.41, 5.74) is 0. The molecule has 1 rings (SSSR count). The largest absolute Gasteiger partial charge is 0.377 e. The maximum Gasteiger partial charge on any atom is 0.0733 e. The predicted octanol–water partition coefficient (Wildman–Crippen LogP) is 2.50. The van der Waals surface area contributed by atoms with Crippen molar-refractivity contribution in [1.82, 2.24) is 0 Å². The molecule has 2 unspecified atom stereocenters. The van der Waals surface area contributed by atoms with Gasteiger partial charge in [-0.2, -0.15) is 5.26 Å². The van der Waals surface area contributed by atoms with E-state index in [1.807, 2.05) is 0 Å². The fourth-order valence-corrected chi connectivity index (χ4v) is 1.71. The molecule has 2 nitrogen and oxygen atoms in total. The van der Waals surface area contributed by atoms with Crippen molar-refractivity contribution in [2.45, 2.75) is 45.1 Å². The van der Waals surface area contributed by atoms with Crippen molar-refractivity contribution in [3.05, 3.63) is 0 Å². The van der Waals surface area contributed by atoms with Crippen molar-refractivity contribution in [2.24, 2.45) is 5.92 Å². The first kappa shape index (κ1) is 9.54. The molecule has 0 aromatic heterocycles. The van der Waals surface area contributed by atoms with Crippen LogP contribution in [0.15, 0.2) is 0 Å². The molecule has 0 radical (unpaired) electrons. The molecule has 0 aliphatic heterocycles. The van der Waals surface area contributed by atoms with E-state index in [1.54, 1.807) is 0 Å². The predicted molar refractivity (Wildman–Crippen MR) is 47.6 cm³/mol. The fourth-order valence-electron chi connectivity index (χ4n) is 1.71. The van der Waals surface area contributed by atoms with Crippen molar-refractivity contribution in [2.75, 3.05) is 6.61 Å². The molecule has 0 saturated heterocycles. The Labute approximate surface area is 74.5 Å². The van der Waals surface area contributed by atoms with Gasteiger partial charge in [-0.1, -0.05) is 19.8 Å². The molecule has 2 atom stereocenters. The van der Waals surface area contributed by atoms with Crippen LogP contribution in [-0.4, -0.2) is 12.7 Å². The fraction of sp³-hybridized carbons (Fsp3) is 0.900. The topological polar surface area (TPSA) is 33.0 Å². The van der Waals surface area contributed by atoms with Gasteiger partial charge in [-0.05, 0) is 19.3 Å². The lowest BCUT2D eigenvalue weighted by Gasteiger charge is -2.26. The van der Waals surface area contributed by atoms with Crippen molar-refractivity contribution < 1.29 is 4.74 Å². The van der Waals surface area contributed by atoms with Crippen LogP contribution in [0.25, 0.3) is 0 Å². The van der Waals surface area contributed by atoms with Gasteiger partial charge in [0, 0.05) is 6.61 Å². The van der Waals surface area contributed by atoms with E-state index in [4.69, 9.17) is 10.00 Å². The van der Waals surface area contributed by atoms with Crippen LogP contribution in [0.4, 0.5) is 0 Å². The number of hydrogen-bond acceptors (Lipinski definition) is 2. The second kappa shape index (κ2) is 5.16. The van der Waals surface area contributed by atoms with E-state index in [-0.39, 0.29) is 12.0 Å². The van der Waals surface area contributed by atoms with Crippen LogP contribution in [0.5, 0.6) is 0 Å².